The van der Waals surface area contributed by atoms with Gasteiger partial charge in [-0.3, -0.25) is 29.0 Å². The Morgan fingerprint density at radius 2 is 1.74 bits per heavy atom. The number of benzene rings is 1. The molecule has 17 nitrogen and oxygen atoms in total. The lowest BCUT2D eigenvalue weighted by atomic mass is 9.84. The van der Waals surface area contributed by atoms with Crippen LogP contribution in [0.3, 0.4) is 0 Å². The van der Waals surface area contributed by atoms with E-state index < -0.39 is 65.3 Å². The second-order valence-electron chi connectivity index (χ2n) is 14.7. The van der Waals surface area contributed by atoms with Crippen LogP contribution in [0, 0.1) is 5.92 Å². The molecule has 3 heterocycles. The highest BCUT2D eigenvalue weighted by atomic mass is 16.4. The quantitative estimate of drug-likeness (QED) is 0.0912. The van der Waals surface area contributed by atoms with E-state index in [1.165, 1.54) is 22.0 Å². The van der Waals surface area contributed by atoms with Gasteiger partial charge in [-0.2, -0.15) is 0 Å². The van der Waals surface area contributed by atoms with Crippen LogP contribution in [0.2, 0.25) is 0 Å². The van der Waals surface area contributed by atoms with Gasteiger partial charge >= 0.3 is 6.09 Å². The SMILES string of the molecule is CC(C)(O)c1cnnn1[C@H]1C[C@@H](C(=O)NC(CCCCNC(=O)O)C(=O)C(N)=O)N(C(=O)[C@@H](CC2CCCCC2)NC(=O)c2cnc3ccccc3c2)C1. The number of nitrogens with two attached hydrogens (primary N) is 1. The number of fused-ring (bicyclic) bond motifs is 1. The normalized spacial score (nSPS) is 18.8. The number of likely N-dealkylation sites (tertiary alicyclic amines) is 1. The van der Waals surface area contributed by atoms with Crippen molar-refractivity contribution in [1.82, 2.24) is 40.8 Å². The van der Waals surface area contributed by atoms with Crippen LogP contribution in [0.15, 0.2) is 42.7 Å². The zero-order valence-corrected chi connectivity index (χ0v) is 30.6. The summed E-state index contributed by atoms with van der Waals surface area (Å²) >= 11 is 0. The maximum Gasteiger partial charge on any atom is 0.404 e. The Morgan fingerprint density at radius 3 is 2.44 bits per heavy atom. The number of carboxylic acid groups (broad SMARTS) is 1. The third-order valence-electron chi connectivity index (χ3n) is 10.2. The van der Waals surface area contributed by atoms with Crippen LogP contribution in [0.1, 0.15) is 100 Å². The number of hydrogen-bond acceptors (Lipinski definition) is 10. The van der Waals surface area contributed by atoms with Gasteiger partial charge < -0.3 is 36.8 Å². The van der Waals surface area contributed by atoms with E-state index in [1.54, 1.807) is 19.9 Å². The summed E-state index contributed by atoms with van der Waals surface area (Å²) in [6.45, 7) is 3.19. The fourth-order valence-electron chi connectivity index (χ4n) is 7.43. The van der Waals surface area contributed by atoms with Crippen LogP contribution < -0.4 is 21.7 Å². The first-order chi connectivity index (χ1) is 25.7. The van der Waals surface area contributed by atoms with Crippen LogP contribution >= 0.6 is 0 Å². The number of carbonyl (C=O) groups excluding carboxylic acids is 5. The minimum Gasteiger partial charge on any atom is -0.465 e. The lowest BCUT2D eigenvalue weighted by Crippen LogP contribution is -2.56. The van der Waals surface area contributed by atoms with Gasteiger partial charge in [-0.1, -0.05) is 55.5 Å². The molecule has 5 amide bonds. The second kappa shape index (κ2) is 17.6. The minimum atomic E-state index is -1.36. The summed E-state index contributed by atoms with van der Waals surface area (Å²) in [6, 6.07) is 4.92. The third-order valence-corrected chi connectivity index (χ3v) is 10.2. The standard InChI is InChI=1S/C37H49N9O8/c1-37(2,54)30-20-41-44-46(30)25-18-29(34(50)42-27(31(47)32(38)48)14-8-9-15-39-36(52)53)45(21-25)35(51)28(16-22-10-4-3-5-11-22)43-33(49)24-17-23-12-6-7-13-26(23)40-19-24/h6-7,12-13,17,19-20,22,25,27-29,39,54H,3-5,8-11,14-16,18,21H2,1-2H3,(H2,38,48)(H,42,50)(H,43,49)(H,52,53)/t25-,27?,28+,29-/m0/s1. The number of unbranched alkanes of at least 4 members (excludes halogenated alkanes) is 1. The summed E-state index contributed by atoms with van der Waals surface area (Å²) < 4.78 is 1.48. The van der Waals surface area contributed by atoms with Gasteiger partial charge in [-0.25, -0.2) is 9.48 Å². The molecule has 3 aromatic rings. The zero-order valence-electron chi connectivity index (χ0n) is 30.6. The van der Waals surface area contributed by atoms with Gasteiger partial charge in [0.25, 0.3) is 11.8 Å². The van der Waals surface area contributed by atoms with Gasteiger partial charge in [0.05, 0.1) is 35.1 Å². The third kappa shape index (κ3) is 9.94. The first-order valence-electron chi connectivity index (χ1n) is 18.4. The van der Waals surface area contributed by atoms with Gasteiger partial charge in [0.15, 0.2) is 0 Å². The smallest absolute Gasteiger partial charge is 0.404 e. The molecule has 7 N–H and O–H groups in total. The van der Waals surface area contributed by atoms with Gasteiger partial charge in [0.1, 0.15) is 17.7 Å². The van der Waals surface area contributed by atoms with Crippen molar-refractivity contribution in [3.05, 3.63) is 54.0 Å². The van der Waals surface area contributed by atoms with Gasteiger partial charge in [-0.05, 0) is 57.6 Å². The largest absolute Gasteiger partial charge is 0.465 e. The molecule has 17 heteroatoms. The number of para-hydroxylation sites is 1. The predicted molar refractivity (Wildman–Crippen MR) is 195 cm³/mol. The number of Topliss-reactive ketones (excluding diaryl/α,β-unsaturated/α-hetero) is 1. The number of carbonyl (C=O) groups is 6. The van der Waals surface area contributed by atoms with Crippen LogP contribution in [0.25, 0.3) is 10.9 Å². The maximum atomic E-state index is 14.8. The molecule has 54 heavy (non-hydrogen) atoms. The molecule has 1 aliphatic carbocycles. The van der Waals surface area contributed by atoms with Crippen molar-refractivity contribution in [2.45, 2.75) is 108 Å². The minimum absolute atomic E-state index is 0.00894. The highest BCUT2D eigenvalue weighted by Crippen LogP contribution is 2.33. The van der Waals surface area contributed by atoms with Crippen molar-refractivity contribution in [3.63, 3.8) is 0 Å². The molecule has 0 bridgehead atoms. The molecule has 4 atom stereocenters. The number of nitrogens with one attached hydrogen (secondary N) is 3. The number of pyridine rings is 1. The van der Waals surface area contributed by atoms with E-state index >= 15 is 0 Å². The fourth-order valence-corrected chi connectivity index (χ4v) is 7.43. The molecule has 2 aliphatic rings. The van der Waals surface area contributed by atoms with E-state index in [1.807, 2.05) is 24.3 Å². The van der Waals surface area contributed by atoms with Gasteiger partial charge in [0, 0.05) is 31.1 Å². The topological polar surface area (TPSA) is 252 Å². The Bertz CT molecular complexity index is 1850. The number of aliphatic hydroxyl groups is 1. The Hall–Kier alpha value is -5.45. The Labute approximate surface area is 312 Å². The Morgan fingerprint density at radius 1 is 1.00 bits per heavy atom. The molecule has 1 aliphatic heterocycles. The van der Waals surface area contributed by atoms with E-state index in [9.17, 15) is 33.9 Å². The highest BCUT2D eigenvalue weighted by molar-refractivity contribution is 6.37. The van der Waals surface area contributed by atoms with Gasteiger partial charge in [-0.15, -0.1) is 5.10 Å². The number of nitrogens with zero attached hydrogens (tertiary/aromatic N) is 5. The number of amides is 5. The summed E-state index contributed by atoms with van der Waals surface area (Å²) in [5.41, 5.74) is 5.30. The Balaban J connectivity index is 1.44. The number of ketones is 1. The lowest BCUT2D eigenvalue weighted by molar-refractivity contribution is -0.142. The average molecular weight is 748 g/mol. The summed E-state index contributed by atoms with van der Waals surface area (Å²) in [4.78, 5) is 84.2. The summed E-state index contributed by atoms with van der Waals surface area (Å²) in [5.74, 6) is -3.86. The van der Waals surface area contributed by atoms with Crippen molar-refractivity contribution >= 4 is 46.4 Å². The molecule has 290 valence electrons. The highest BCUT2D eigenvalue weighted by Gasteiger charge is 2.45. The number of primary amides is 1. The van der Waals surface area contributed by atoms with Crippen molar-refractivity contribution in [1.29, 1.82) is 0 Å². The zero-order chi connectivity index (χ0) is 39.0. The Kier molecular flexibility index (Phi) is 12.9. The van der Waals surface area contributed by atoms with Crippen molar-refractivity contribution in [2.75, 3.05) is 13.1 Å². The van der Waals surface area contributed by atoms with Crippen molar-refractivity contribution < 1.29 is 39.0 Å². The fraction of sp³-hybridized carbons (Fsp3) is 0.541. The summed E-state index contributed by atoms with van der Waals surface area (Å²) in [7, 11) is 0. The van der Waals surface area contributed by atoms with Crippen LogP contribution in [-0.4, -0.2) is 102 Å². The van der Waals surface area contributed by atoms with E-state index in [-0.39, 0.29) is 43.8 Å². The first-order valence-corrected chi connectivity index (χ1v) is 18.4. The van der Waals surface area contributed by atoms with Crippen LogP contribution in [-0.2, 0) is 24.8 Å². The lowest BCUT2D eigenvalue weighted by Gasteiger charge is -2.32. The molecular formula is C37H49N9O8. The molecule has 1 aromatic carbocycles. The molecular weight excluding hydrogens is 698 g/mol. The van der Waals surface area contributed by atoms with E-state index in [0.717, 1.165) is 37.5 Å². The second-order valence-corrected chi connectivity index (χ2v) is 14.7. The molecule has 2 fully saturated rings. The number of hydrogen-bond donors (Lipinski definition) is 6. The maximum absolute atomic E-state index is 14.8. The van der Waals surface area contributed by atoms with E-state index in [4.69, 9.17) is 10.8 Å². The van der Waals surface area contributed by atoms with Gasteiger partial charge in [0.2, 0.25) is 17.6 Å². The van der Waals surface area contributed by atoms with E-state index in [2.05, 4.69) is 31.2 Å². The average Bonchev–Trinajstić information content (AvgIpc) is 3.82. The van der Waals surface area contributed by atoms with Crippen molar-refractivity contribution in [3.8, 4) is 0 Å². The first kappa shape index (κ1) is 39.8. The number of rotatable bonds is 16. The van der Waals surface area contributed by atoms with E-state index in [0.29, 0.717) is 24.1 Å². The molecule has 5 rings (SSSR count). The monoisotopic (exact) mass is 747 g/mol. The molecule has 2 aromatic heterocycles. The molecule has 1 unspecified atom stereocenters. The summed E-state index contributed by atoms with van der Waals surface area (Å²) in [6.07, 6.45) is 7.45. The molecule has 1 saturated heterocycles. The number of aromatic nitrogens is 4. The summed E-state index contributed by atoms with van der Waals surface area (Å²) in [5, 5.41) is 36.4. The molecule has 0 radical (unpaired) electrons. The molecule has 0 spiro atoms. The van der Waals surface area contributed by atoms with Crippen molar-refractivity contribution in [2.24, 2.45) is 11.7 Å². The van der Waals surface area contributed by atoms with Crippen LogP contribution in [0.4, 0.5) is 4.79 Å². The predicted octanol–water partition coefficient (Wildman–Crippen LogP) is 1.94. The molecule has 1 saturated carbocycles. The van der Waals surface area contributed by atoms with Crippen LogP contribution in [0.5, 0.6) is 0 Å².